The number of halogens is 2. The molecule has 3 N–H and O–H groups in total. The van der Waals surface area contributed by atoms with E-state index in [1.54, 1.807) is 49.4 Å². The monoisotopic (exact) mass is 467 g/mol. The molecule has 0 aliphatic rings. The second kappa shape index (κ2) is 10.7. The summed E-state index contributed by atoms with van der Waals surface area (Å²) in [6, 6.07) is 13.5. The molecule has 2 aromatic rings. The third-order valence-electron chi connectivity index (χ3n) is 3.55. The summed E-state index contributed by atoms with van der Waals surface area (Å²) >= 11 is 9.08. The fraction of sp³-hybridized carbons (Fsp3) is 0.211. The average Bonchev–Trinajstić information content (AvgIpc) is 2.66. The lowest BCUT2D eigenvalue weighted by Gasteiger charge is -2.15. The van der Waals surface area contributed by atoms with Crippen LogP contribution in [0.2, 0.25) is 5.02 Å². The van der Waals surface area contributed by atoms with E-state index in [0.29, 0.717) is 16.3 Å². The molecule has 0 aliphatic heterocycles. The molecule has 0 fully saturated rings. The number of carbonyl (C=O) groups is 3. The quantitative estimate of drug-likeness (QED) is 0.545. The molecular weight excluding hydrogens is 450 g/mol. The molecule has 0 saturated heterocycles. The molecule has 0 heterocycles. The minimum absolute atomic E-state index is 0.000476. The number of benzene rings is 2. The van der Waals surface area contributed by atoms with Gasteiger partial charge in [0.2, 0.25) is 5.91 Å². The Morgan fingerprint density at radius 1 is 1.11 bits per heavy atom. The summed E-state index contributed by atoms with van der Waals surface area (Å²) in [5.41, 5.74) is 5.02. The van der Waals surface area contributed by atoms with Crippen molar-refractivity contribution in [3.63, 3.8) is 0 Å². The van der Waals surface area contributed by atoms with Gasteiger partial charge >= 0.3 is 0 Å². The predicted octanol–water partition coefficient (Wildman–Crippen LogP) is 2.84. The number of hydrogen-bond donors (Lipinski definition) is 3. The smallest absolute Gasteiger partial charge is 0.279 e. The molecule has 0 radical (unpaired) electrons. The van der Waals surface area contributed by atoms with Gasteiger partial charge in [-0.3, -0.25) is 25.2 Å². The van der Waals surface area contributed by atoms with Gasteiger partial charge in [0.1, 0.15) is 5.75 Å². The Balaban J connectivity index is 1.67. The van der Waals surface area contributed by atoms with Crippen molar-refractivity contribution < 1.29 is 19.1 Å². The van der Waals surface area contributed by atoms with E-state index in [2.05, 4.69) is 32.1 Å². The largest absolute Gasteiger partial charge is 0.481 e. The van der Waals surface area contributed by atoms with Crippen molar-refractivity contribution >= 4 is 45.3 Å². The van der Waals surface area contributed by atoms with Crippen molar-refractivity contribution in [2.75, 3.05) is 6.54 Å². The Kier molecular flexibility index (Phi) is 8.28. The fourth-order valence-corrected chi connectivity index (χ4v) is 2.59. The summed E-state index contributed by atoms with van der Waals surface area (Å²) in [6.45, 7) is 1.68. The Hall–Kier alpha value is -2.58. The zero-order valence-corrected chi connectivity index (χ0v) is 17.3. The normalized spacial score (nSPS) is 11.2. The van der Waals surface area contributed by atoms with Gasteiger partial charge in [-0.2, -0.15) is 0 Å². The first-order valence-electron chi connectivity index (χ1n) is 8.40. The van der Waals surface area contributed by atoms with Crippen LogP contribution in [0, 0.1) is 0 Å². The molecule has 0 bridgehead atoms. The number of ether oxygens (including phenoxy) is 1. The molecule has 7 nitrogen and oxygen atoms in total. The van der Waals surface area contributed by atoms with Crippen LogP contribution < -0.4 is 20.9 Å². The van der Waals surface area contributed by atoms with Gasteiger partial charge in [0.25, 0.3) is 11.8 Å². The van der Waals surface area contributed by atoms with Crippen molar-refractivity contribution in [1.29, 1.82) is 0 Å². The van der Waals surface area contributed by atoms with Gasteiger partial charge in [0.05, 0.1) is 0 Å². The molecule has 2 aromatic carbocycles. The molecule has 0 spiro atoms. The minimum Gasteiger partial charge on any atom is -0.481 e. The first kappa shape index (κ1) is 21.7. The van der Waals surface area contributed by atoms with Crippen molar-refractivity contribution in [3.05, 3.63) is 63.6 Å². The first-order valence-corrected chi connectivity index (χ1v) is 9.57. The van der Waals surface area contributed by atoms with Gasteiger partial charge in [0, 0.05) is 28.0 Å². The maximum atomic E-state index is 12.0. The summed E-state index contributed by atoms with van der Waals surface area (Å²) in [4.78, 5) is 35.7. The van der Waals surface area contributed by atoms with Crippen LogP contribution >= 0.6 is 27.5 Å². The highest BCUT2D eigenvalue weighted by Gasteiger charge is 2.15. The lowest BCUT2D eigenvalue weighted by molar-refractivity contribution is -0.132. The number of carbonyl (C=O) groups excluding carboxylic acids is 3. The molecule has 2 rings (SSSR count). The molecule has 148 valence electrons. The van der Waals surface area contributed by atoms with Crippen LogP contribution in [0.4, 0.5) is 0 Å². The summed E-state index contributed by atoms with van der Waals surface area (Å²) in [6.07, 6.45) is -0.806. The van der Waals surface area contributed by atoms with E-state index >= 15 is 0 Å². The van der Waals surface area contributed by atoms with Crippen molar-refractivity contribution in [1.82, 2.24) is 16.2 Å². The van der Waals surface area contributed by atoms with Crippen LogP contribution in [0.25, 0.3) is 0 Å². The van der Waals surface area contributed by atoms with E-state index in [9.17, 15) is 14.4 Å². The molecule has 1 unspecified atom stereocenters. The zero-order chi connectivity index (χ0) is 20.5. The lowest BCUT2D eigenvalue weighted by Crippen LogP contribution is -2.47. The van der Waals surface area contributed by atoms with Gasteiger partial charge in [0.15, 0.2) is 6.10 Å². The standard InChI is InChI=1S/C19H19BrClN3O4/c1-12(28-16-4-2-3-14(20)11-16)18(26)24-23-17(25)9-10-22-19(27)13-5-7-15(21)8-6-13/h2-8,11-12H,9-10H2,1H3,(H,22,27)(H,23,25)(H,24,26). The van der Waals surface area contributed by atoms with E-state index in [1.165, 1.54) is 0 Å². The molecule has 9 heteroatoms. The fourth-order valence-electron chi connectivity index (χ4n) is 2.09. The van der Waals surface area contributed by atoms with Gasteiger partial charge in [-0.05, 0) is 49.4 Å². The summed E-state index contributed by atoms with van der Waals surface area (Å²) < 4.78 is 6.32. The SMILES string of the molecule is CC(Oc1cccc(Br)c1)C(=O)NNC(=O)CCNC(=O)c1ccc(Cl)cc1. The Labute approximate surface area is 175 Å². The van der Waals surface area contributed by atoms with Crippen LogP contribution in [0.15, 0.2) is 53.0 Å². The van der Waals surface area contributed by atoms with Crippen molar-refractivity contribution in [2.45, 2.75) is 19.4 Å². The predicted molar refractivity (Wildman–Crippen MR) is 109 cm³/mol. The van der Waals surface area contributed by atoms with Gasteiger partial charge in [-0.1, -0.05) is 33.6 Å². The van der Waals surface area contributed by atoms with E-state index in [0.717, 1.165) is 4.47 Å². The van der Waals surface area contributed by atoms with Crippen molar-refractivity contribution in [3.8, 4) is 5.75 Å². The number of nitrogens with one attached hydrogen (secondary N) is 3. The number of hydrazine groups is 1. The van der Waals surface area contributed by atoms with Crippen LogP contribution in [0.3, 0.4) is 0 Å². The van der Waals surface area contributed by atoms with E-state index in [-0.39, 0.29) is 18.9 Å². The Bertz CT molecular complexity index is 845. The average molecular weight is 469 g/mol. The summed E-state index contributed by atoms with van der Waals surface area (Å²) in [5, 5.41) is 3.15. The maximum Gasteiger partial charge on any atom is 0.279 e. The van der Waals surface area contributed by atoms with Gasteiger partial charge in [-0.25, -0.2) is 0 Å². The molecule has 28 heavy (non-hydrogen) atoms. The molecular formula is C19H19BrClN3O4. The van der Waals surface area contributed by atoms with Crippen molar-refractivity contribution in [2.24, 2.45) is 0 Å². The molecule has 0 aliphatic carbocycles. The highest BCUT2D eigenvalue weighted by Crippen LogP contribution is 2.18. The Morgan fingerprint density at radius 3 is 2.50 bits per heavy atom. The second-order valence-corrected chi connectivity index (χ2v) is 7.12. The van der Waals surface area contributed by atoms with Crippen LogP contribution in [-0.2, 0) is 9.59 Å². The topological polar surface area (TPSA) is 96.5 Å². The number of rotatable bonds is 7. The third-order valence-corrected chi connectivity index (χ3v) is 4.29. The Morgan fingerprint density at radius 2 is 1.82 bits per heavy atom. The number of amides is 3. The molecule has 0 aromatic heterocycles. The van der Waals surface area contributed by atoms with Gasteiger partial charge in [-0.15, -0.1) is 0 Å². The maximum absolute atomic E-state index is 12.0. The van der Waals surface area contributed by atoms with Crippen LogP contribution in [0.5, 0.6) is 5.75 Å². The van der Waals surface area contributed by atoms with E-state index < -0.39 is 17.9 Å². The molecule has 1 atom stereocenters. The third kappa shape index (κ3) is 7.21. The van der Waals surface area contributed by atoms with Crippen LogP contribution in [-0.4, -0.2) is 30.4 Å². The zero-order valence-electron chi connectivity index (χ0n) is 15.0. The lowest BCUT2D eigenvalue weighted by atomic mass is 10.2. The van der Waals surface area contributed by atoms with E-state index in [1.807, 2.05) is 6.07 Å². The summed E-state index contributed by atoms with van der Waals surface area (Å²) in [5.74, 6) is -0.740. The number of hydrogen-bond acceptors (Lipinski definition) is 4. The first-order chi connectivity index (χ1) is 13.3. The highest BCUT2D eigenvalue weighted by atomic mass is 79.9. The molecule has 3 amide bonds. The minimum atomic E-state index is -0.806. The molecule has 0 saturated carbocycles. The summed E-state index contributed by atoms with van der Waals surface area (Å²) in [7, 11) is 0. The van der Waals surface area contributed by atoms with E-state index in [4.69, 9.17) is 16.3 Å². The van der Waals surface area contributed by atoms with Gasteiger partial charge < -0.3 is 10.1 Å². The van der Waals surface area contributed by atoms with Crippen LogP contribution in [0.1, 0.15) is 23.7 Å². The highest BCUT2D eigenvalue weighted by molar-refractivity contribution is 9.10. The second-order valence-electron chi connectivity index (χ2n) is 5.77.